The highest BCUT2D eigenvalue weighted by Gasteiger charge is 2.38. The van der Waals surface area contributed by atoms with Crippen molar-refractivity contribution in [2.24, 2.45) is 11.5 Å². The van der Waals surface area contributed by atoms with Gasteiger partial charge in [-0.1, -0.05) is 0 Å². The highest BCUT2D eigenvalue weighted by molar-refractivity contribution is 5.92. The van der Waals surface area contributed by atoms with E-state index < -0.39 is 47.9 Å². The molecule has 1 aliphatic rings. The standard InChI is InChI=1S/C14H24N4O6/c1-7(19)11(16)13(22)18-6-2-3-9(18)12(21)17-8(14(23)24)4-5-10(15)20/h7-9,11,19H,2-6,16H2,1H3,(H2,15,20)(H,17,21)(H,23,24). The van der Waals surface area contributed by atoms with Gasteiger partial charge in [0, 0.05) is 13.0 Å². The summed E-state index contributed by atoms with van der Waals surface area (Å²) in [5.41, 5.74) is 10.6. The number of rotatable bonds is 8. The van der Waals surface area contributed by atoms with Gasteiger partial charge in [0.05, 0.1) is 6.10 Å². The Balaban J connectivity index is 2.75. The molecule has 0 aromatic carbocycles. The van der Waals surface area contributed by atoms with Gasteiger partial charge in [0.15, 0.2) is 0 Å². The molecule has 24 heavy (non-hydrogen) atoms. The lowest BCUT2D eigenvalue weighted by Crippen LogP contribution is -2.55. The summed E-state index contributed by atoms with van der Waals surface area (Å²) >= 11 is 0. The molecule has 0 radical (unpaired) electrons. The molecule has 1 rings (SSSR count). The van der Waals surface area contributed by atoms with Crippen LogP contribution in [0.5, 0.6) is 0 Å². The van der Waals surface area contributed by atoms with Crippen molar-refractivity contribution in [3.63, 3.8) is 0 Å². The van der Waals surface area contributed by atoms with E-state index in [9.17, 15) is 24.3 Å². The van der Waals surface area contributed by atoms with E-state index >= 15 is 0 Å². The van der Waals surface area contributed by atoms with Crippen molar-refractivity contribution < 1.29 is 29.4 Å². The number of aliphatic carboxylic acids is 1. The van der Waals surface area contributed by atoms with E-state index in [4.69, 9.17) is 16.6 Å². The number of aliphatic hydroxyl groups is 1. The first kappa shape index (κ1) is 19.8. The highest BCUT2D eigenvalue weighted by atomic mass is 16.4. The summed E-state index contributed by atoms with van der Waals surface area (Å²) in [4.78, 5) is 47.7. The van der Waals surface area contributed by atoms with Gasteiger partial charge < -0.3 is 31.9 Å². The third-order valence-corrected chi connectivity index (χ3v) is 3.94. The van der Waals surface area contributed by atoms with E-state index in [1.54, 1.807) is 0 Å². The van der Waals surface area contributed by atoms with Gasteiger partial charge in [-0.2, -0.15) is 0 Å². The minimum Gasteiger partial charge on any atom is -0.480 e. The van der Waals surface area contributed by atoms with Crippen molar-refractivity contribution in [1.82, 2.24) is 10.2 Å². The second-order valence-corrected chi connectivity index (χ2v) is 5.86. The lowest BCUT2D eigenvalue weighted by atomic mass is 10.1. The van der Waals surface area contributed by atoms with Crippen molar-refractivity contribution in [3.05, 3.63) is 0 Å². The van der Waals surface area contributed by atoms with Gasteiger partial charge in [-0.15, -0.1) is 0 Å². The molecule has 4 unspecified atom stereocenters. The summed E-state index contributed by atoms with van der Waals surface area (Å²) in [6.45, 7) is 1.67. The fraction of sp³-hybridized carbons (Fsp3) is 0.714. The number of carbonyl (C=O) groups excluding carboxylic acids is 3. The first-order valence-corrected chi connectivity index (χ1v) is 7.70. The van der Waals surface area contributed by atoms with E-state index in [1.165, 1.54) is 11.8 Å². The van der Waals surface area contributed by atoms with Crippen LogP contribution in [0, 0.1) is 0 Å². The number of nitrogens with two attached hydrogens (primary N) is 2. The summed E-state index contributed by atoms with van der Waals surface area (Å²) in [6, 6.07) is -3.27. The number of amides is 3. The molecule has 0 saturated carbocycles. The Morgan fingerprint density at radius 1 is 1.33 bits per heavy atom. The first-order chi connectivity index (χ1) is 11.1. The molecule has 3 amide bonds. The van der Waals surface area contributed by atoms with E-state index in [-0.39, 0.29) is 12.8 Å². The Morgan fingerprint density at radius 3 is 2.46 bits per heavy atom. The Kier molecular flexibility index (Phi) is 7.11. The summed E-state index contributed by atoms with van der Waals surface area (Å²) in [6.07, 6.45) is -0.451. The number of hydrogen-bond donors (Lipinski definition) is 5. The van der Waals surface area contributed by atoms with E-state index in [0.717, 1.165) is 0 Å². The molecule has 0 spiro atoms. The van der Waals surface area contributed by atoms with Crippen LogP contribution in [0.25, 0.3) is 0 Å². The highest BCUT2D eigenvalue weighted by Crippen LogP contribution is 2.19. The molecule has 136 valence electrons. The van der Waals surface area contributed by atoms with Crippen LogP contribution in [0.3, 0.4) is 0 Å². The molecule has 0 bridgehead atoms. The predicted octanol–water partition coefficient (Wildman–Crippen LogP) is -2.48. The fourth-order valence-corrected chi connectivity index (χ4v) is 2.51. The van der Waals surface area contributed by atoms with Gasteiger partial charge in [-0.25, -0.2) is 4.79 Å². The average molecular weight is 344 g/mol. The van der Waals surface area contributed by atoms with E-state index in [2.05, 4.69) is 5.32 Å². The number of carbonyl (C=O) groups is 4. The average Bonchev–Trinajstić information content (AvgIpc) is 2.98. The maximum atomic E-state index is 12.3. The molecule has 0 aromatic heterocycles. The van der Waals surface area contributed by atoms with Crippen LogP contribution in [0.1, 0.15) is 32.6 Å². The largest absolute Gasteiger partial charge is 0.480 e. The van der Waals surface area contributed by atoms with Crippen LogP contribution in [-0.4, -0.2) is 69.6 Å². The number of nitrogens with zero attached hydrogens (tertiary/aromatic N) is 1. The molecule has 4 atom stereocenters. The number of primary amides is 1. The quantitative estimate of drug-likeness (QED) is 0.324. The topological polar surface area (TPSA) is 176 Å². The van der Waals surface area contributed by atoms with E-state index in [0.29, 0.717) is 19.4 Å². The third kappa shape index (κ3) is 5.17. The Labute approximate surface area is 139 Å². The predicted molar refractivity (Wildman–Crippen MR) is 82.4 cm³/mol. The van der Waals surface area contributed by atoms with Crippen molar-refractivity contribution in [2.45, 2.75) is 56.8 Å². The third-order valence-electron chi connectivity index (χ3n) is 3.94. The van der Waals surface area contributed by atoms with Crippen LogP contribution < -0.4 is 16.8 Å². The lowest BCUT2D eigenvalue weighted by Gasteiger charge is -2.28. The number of carboxylic acid groups (broad SMARTS) is 1. The van der Waals surface area contributed by atoms with Crippen LogP contribution in [0.15, 0.2) is 0 Å². The fourth-order valence-electron chi connectivity index (χ4n) is 2.51. The minimum atomic E-state index is -1.29. The number of nitrogens with one attached hydrogen (secondary N) is 1. The van der Waals surface area contributed by atoms with Crippen LogP contribution >= 0.6 is 0 Å². The maximum absolute atomic E-state index is 12.3. The van der Waals surface area contributed by atoms with Crippen molar-refractivity contribution >= 4 is 23.7 Å². The molecule has 0 aromatic rings. The van der Waals surface area contributed by atoms with E-state index in [1.807, 2.05) is 0 Å². The second-order valence-electron chi connectivity index (χ2n) is 5.86. The van der Waals surface area contributed by atoms with Gasteiger partial charge in [-0.05, 0) is 26.2 Å². The molecule has 10 heteroatoms. The normalized spacial score (nSPS) is 21.0. The zero-order valence-electron chi connectivity index (χ0n) is 13.5. The Hall–Kier alpha value is -2.20. The number of hydrogen-bond acceptors (Lipinski definition) is 6. The van der Waals surface area contributed by atoms with Gasteiger partial charge >= 0.3 is 5.97 Å². The first-order valence-electron chi connectivity index (χ1n) is 7.70. The Bertz CT molecular complexity index is 509. The molecular formula is C14H24N4O6. The Morgan fingerprint density at radius 2 is 1.96 bits per heavy atom. The molecule has 1 heterocycles. The van der Waals surface area contributed by atoms with Gasteiger partial charge in [-0.3, -0.25) is 14.4 Å². The second kappa shape index (κ2) is 8.60. The number of likely N-dealkylation sites (tertiary alicyclic amines) is 1. The smallest absolute Gasteiger partial charge is 0.326 e. The van der Waals surface area contributed by atoms with Gasteiger partial charge in [0.1, 0.15) is 18.1 Å². The zero-order valence-corrected chi connectivity index (χ0v) is 13.5. The summed E-state index contributed by atoms with van der Waals surface area (Å²) in [7, 11) is 0. The van der Waals surface area contributed by atoms with Gasteiger partial charge in [0.2, 0.25) is 17.7 Å². The van der Waals surface area contributed by atoms with Crippen LogP contribution in [0.2, 0.25) is 0 Å². The van der Waals surface area contributed by atoms with Crippen molar-refractivity contribution in [1.29, 1.82) is 0 Å². The summed E-state index contributed by atoms with van der Waals surface area (Å²) in [5.74, 6) is -3.15. The van der Waals surface area contributed by atoms with Crippen molar-refractivity contribution in [2.75, 3.05) is 6.54 Å². The number of carboxylic acids is 1. The molecule has 1 saturated heterocycles. The molecular weight excluding hydrogens is 320 g/mol. The SMILES string of the molecule is CC(O)C(N)C(=O)N1CCCC1C(=O)NC(CCC(N)=O)C(=O)O. The minimum absolute atomic E-state index is 0.135. The lowest BCUT2D eigenvalue weighted by molar-refractivity contribution is -0.144. The molecule has 0 aliphatic carbocycles. The molecule has 1 aliphatic heterocycles. The monoisotopic (exact) mass is 344 g/mol. The van der Waals surface area contributed by atoms with Gasteiger partial charge in [0.25, 0.3) is 0 Å². The van der Waals surface area contributed by atoms with Crippen LogP contribution in [0.4, 0.5) is 0 Å². The molecule has 7 N–H and O–H groups in total. The molecule has 10 nitrogen and oxygen atoms in total. The summed E-state index contributed by atoms with van der Waals surface area (Å²) in [5, 5.41) is 20.9. The van der Waals surface area contributed by atoms with Crippen LogP contribution in [-0.2, 0) is 19.2 Å². The summed E-state index contributed by atoms with van der Waals surface area (Å²) < 4.78 is 0. The molecule has 1 fully saturated rings. The zero-order chi connectivity index (χ0) is 18.4. The number of aliphatic hydroxyl groups excluding tert-OH is 1. The van der Waals surface area contributed by atoms with Crippen molar-refractivity contribution in [3.8, 4) is 0 Å². The maximum Gasteiger partial charge on any atom is 0.326 e.